The molecule has 240 valence electrons. The van der Waals surface area contributed by atoms with Crippen molar-refractivity contribution in [3.8, 4) is 45.3 Å². The van der Waals surface area contributed by atoms with Crippen molar-refractivity contribution in [2.24, 2.45) is 11.8 Å². The summed E-state index contributed by atoms with van der Waals surface area (Å²) >= 11 is 0. The third kappa shape index (κ3) is 5.12. The molecule has 2 aromatic heterocycles. The predicted octanol–water partition coefficient (Wildman–Crippen LogP) is 11.9. The second kappa shape index (κ2) is 12.0. The summed E-state index contributed by atoms with van der Waals surface area (Å²) in [6, 6.07) is 46.2. The van der Waals surface area contributed by atoms with E-state index in [4.69, 9.17) is 19.4 Å². The fraction of sp³-hybridized carbons (Fsp3) is 0.0426. The van der Waals surface area contributed by atoms with E-state index in [1.807, 2.05) is 18.2 Å². The van der Waals surface area contributed by atoms with Gasteiger partial charge in [-0.15, -0.1) is 0 Å². The van der Waals surface area contributed by atoms with Crippen molar-refractivity contribution in [2.45, 2.75) is 0 Å². The van der Waals surface area contributed by atoms with E-state index in [-0.39, 0.29) is 0 Å². The minimum atomic E-state index is 0.334. The first-order valence-corrected chi connectivity index (χ1v) is 17.4. The number of furan rings is 1. The van der Waals surface area contributed by atoms with E-state index in [1.165, 1.54) is 16.5 Å². The highest BCUT2D eigenvalue weighted by Crippen LogP contribution is 2.42. The normalized spacial score (nSPS) is 16.5. The number of hydrogen-bond donors (Lipinski definition) is 0. The summed E-state index contributed by atoms with van der Waals surface area (Å²) < 4.78 is 6.60. The maximum atomic E-state index is 6.60. The zero-order valence-corrected chi connectivity index (χ0v) is 27.6. The fourth-order valence-electron chi connectivity index (χ4n) is 7.56. The Hall–Kier alpha value is -6.65. The van der Waals surface area contributed by atoms with E-state index >= 15 is 0 Å². The van der Waals surface area contributed by atoms with Crippen molar-refractivity contribution >= 4 is 38.3 Å². The Kier molecular flexibility index (Phi) is 6.91. The molecule has 2 heterocycles. The summed E-state index contributed by atoms with van der Waals surface area (Å²) in [7, 11) is 0. The summed E-state index contributed by atoms with van der Waals surface area (Å²) in [5.41, 5.74) is 9.05. The van der Waals surface area contributed by atoms with Gasteiger partial charge in [0.2, 0.25) is 0 Å². The highest BCUT2D eigenvalue weighted by atomic mass is 16.3. The minimum Gasteiger partial charge on any atom is -0.455 e. The second-order valence-electron chi connectivity index (χ2n) is 13.2. The monoisotopic (exact) mass is 653 g/mol. The third-order valence-electron chi connectivity index (χ3n) is 10.1. The molecule has 0 saturated heterocycles. The molecule has 0 radical (unpaired) electrons. The summed E-state index contributed by atoms with van der Waals surface area (Å²) in [5.74, 6) is 2.57. The van der Waals surface area contributed by atoms with Crippen molar-refractivity contribution in [3.63, 3.8) is 0 Å². The maximum Gasteiger partial charge on any atom is 0.164 e. The van der Waals surface area contributed by atoms with Crippen LogP contribution < -0.4 is 0 Å². The molecule has 0 aliphatic heterocycles. The minimum absolute atomic E-state index is 0.334. The van der Waals surface area contributed by atoms with Gasteiger partial charge in [0.15, 0.2) is 17.5 Å². The van der Waals surface area contributed by atoms with E-state index < -0.39 is 0 Å². The van der Waals surface area contributed by atoms with Gasteiger partial charge in [0.25, 0.3) is 0 Å². The van der Waals surface area contributed by atoms with Crippen LogP contribution in [-0.4, -0.2) is 15.0 Å². The predicted molar refractivity (Wildman–Crippen MR) is 209 cm³/mol. The van der Waals surface area contributed by atoms with Gasteiger partial charge in [0.1, 0.15) is 11.2 Å². The van der Waals surface area contributed by atoms with E-state index in [9.17, 15) is 0 Å². The molecule has 2 atom stereocenters. The molecule has 0 spiro atoms. The highest BCUT2D eigenvalue weighted by Gasteiger charge is 2.24. The van der Waals surface area contributed by atoms with Gasteiger partial charge in [-0.05, 0) is 51.7 Å². The molecule has 51 heavy (non-hydrogen) atoms. The van der Waals surface area contributed by atoms with Gasteiger partial charge < -0.3 is 4.42 Å². The van der Waals surface area contributed by atoms with Crippen LogP contribution in [0.2, 0.25) is 0 Å². The molecule has 0 bridgehead atoms. The summed E-state index contributed by atoms with van der Waals surface area (Å²) in [4.78, 5) is 15.5. The Morgan fingerprint density at radius 1 is 0.471 bits per heavy atom. The lowest BCUT2D eigenvalue weighted by Crippen LogP contribution is -2.14. The number of para-hydroxylation sites is 1. The zero-order chi connectivity index (χ0) is 33.7. The number of fused-ring (bicyclic) bond motifs is 5. The third-order valence-corrected chi connectivity index (χ3v) is 10.1. The van der Waals surface area contributed by atoms with Crippen molar-refractivity contribution in [2.75, 3.05) is 0 Å². The van der Waals surface area contributed by atoms with Crippen molar-refractivity contribution in [1.82, 2.24) is 15.0 Å². The quantitative estimate of drug-likeness (QED) is 0.185. The molecule has 0 N–H and O–H groups in total. The molecule has 2 aliphatic carbocycles. The number of aromatic nitrogens is 3. The molecule has 0 fully saturated rings. The number of benzene rings is 6. The molecule has 4 nitrogen and oxygen atoms in total. The number of rotatable bonds is 5. The highest BCUT2D eigenvalue weighted by molar-refractivity contribution is 6.15. The standard InChI is InChI=1S/C47H31N3O/c1-2-12-32(13-3-1)39-27-28-41(43-40-18-8-9-20-42(40)51-44(39)43)47-49-45(48-46(50-47)36-26-21-30-11-4-5-15-35(30)29-36)34-24-22-33(23-25-34)38-19-10-16-31-14-6-7-17-37(31)38/h1-29,31,37H. The largest absolute Gasteiger partial charge is 0.455 e. The molecule has 2 unspecified atom stereocenters. The van der Waals surface area contributed by atoms with Gasteiger partial charge in [-0.1, -0.05) is 152 Å². The van der Waals surface area contributed by atoms with Crippen LogP contribution in [-0.2, 0) is 0 Å². The maximum absolute atomic E-state index is 6.60. The molecule has 4 heteroatoms. The van der Waals surface area contributed by atoms with E-state index in [0.29, 0.717) is 29.3 Å². The van der Waals surface area contributed by atoms with Crippen LogP contribution in [0.25, 0.3) is 83.6 Å². The average Bonchev–Trinajstić information content (AvgIpc) is 3.60. The van der Waals surface area contributed by atoms with Gasteiger partial charge in [0.05, 0.1) is 0 Å². The van der Waals surface area contributed by atoms with Crippen LogP contribution in [0.4, 0.5) is 0 Å². The van der Waals surface area contributed by atoms with Crippen LogP contribution in [0.5, 0.6) is 0 Å². The lowest BCUT2D eigenvalue weighted by Gasteiger charge is -2.27. The molecule has 10 rings (SSSR count). The van der Waals surface area contributed by atoms with Crippen LogP contribution in [0.1, 0.15) is 5.56 Å². The van der Waals surface area contributed by atoms with E-state index in [0.717, 1.165) is 55.1 Å². The Balaban J connectivity index is 1.16. The lowest BCUT2D eigenvalue weighted by atomic mass is 9.77. The molecular weight excluding hydrogens is 623 g/mol. The molecular formula is C47H31N3O. The SMILES string of the molecule is C1=CC2C=CC=C(c3ccc(-c4nc(-c5ccc6ccccc6c5)nc(-c5ccc(-c6ccccc6)c6oc7ccccc7c56)n4)cc3)C2C=C1. The Bertz CT molecular complexity index is 2750. The van der Waals surface area contributed by atoms with Crippen LogP contribution >= 0.6 is 0 Å². The molecule has 8 aromatic rings. The average molecular weight is 654 g/mol. The van der Waals surface area contributed by atoms with Crippen molar-refractivity contribution < 1.29 is 4.42 Å². The van der Waals surface area contributed by atoms with Crippen LogP contribution in [0.15, 0.2) is 180 Å². The Labute approximate surface area is 295 Å². The van der Waals surface area contributed by atoms with Crippen molar-refractivity contribution in [3.05, 3.63) is 182 Å². The smallest absolute Gasteiger partial charge is 0.164 e. The number of hydrogen-bond acceptors (Lipinski definition) is 4. The van der Waals surface area contributed by atoms with Crippen LogP contribution in [0, 0.1) is 11.8 Å². The molecule has 0 saturated carbocycles. The van der Waals surface area contributed by atoms with E-state index in [2.05, 4.69) is 158 Å². The van der Waals surface area contributed by atoms with E-state index in [1.54, 1.807) is 0 Å². The first-order valence-electron chi connectivity index (χ1n) is 17.4. The Morgan fingerprint density at radius 3 is 2.02 bits per heavy atom. The zero-order valence-electron chi connectivity index (χ0n) is 27.6. The first kappa shape index (κ1) is 29.3. The topological polar surface area (TPSA) is 51.8 Å². The fourth-order valence-corrected chi connectivity index (χ4v) is 7.56. The number of nitrogens with zero attached hydrogens (tertiary/aromatic N) is 3. The van der Waals surface area contributed by atoms with Crippen LogP contribution in [0.3, 0.4) is 0 Å². The van der Waals surface area contributed by atoms with Gasteiger partial charge in [0, 0.05) is 44.9 Å². The molecule has 2 aliphatic rings. The van der Waals surface area contributed by atoms with Gasteiger partial charge in [-0.2, -0.15) is 0 Å². The molecule has 0 amide bonds. The van der Waals surface area contributed by atoms with Crippen molar-refractivity contribution in [1.29, 1.82) is 0 Å². The second-order valence-corrected chi connectivity index (χ2v) is 13.2. The summed E-state index contributed by atoms with van der Waals surface area (Å²) in [5, 5.41) is 4.33. The summed E-state index contributed by atoms with van der Waals surface area (Å²) in [6.07, 6.45) is 15.5. The van der Waals surface area contributed by atoms with Gasteiger partial charge in [-0.25, -0.2) is 15.0 Å². The summed E-state index contributed by atoms with van der Waals surface area (Å²) in [6.45, 7) is 0. The van der Waals surface area contributed by atoms with Gasteiger partial charge in [-0.3, -0.25) is 0 Å². The molecule has 6 aromatic carbocycles. The first-order chi connectivity index (χ1) is 25.3. The Morgan fingerprint density at radius 2 is 1.14 bits per heavy atom. The number of allylic oxidation sites excluding steroid dienone is 8. The van der Waals surface area contributed by atoms with Gasteiger partial charge >= 0.3 is 0 Å². The lowest BCUT2D eigenvalue weighted by molar-refractivity contribution is 0.670.